The van der Waals surface area contributed by atoms with Gasteiger partial charge in [-0.25, -0.2) is 14.6 Å². The molecule has 2 heterocycles. The molecule has 1 aliphatic heterocycles. The Bertz CT molecular complexity index is 902. The Balaban J connectivity index is 0.000000211. The quantitative estimate of drug-likeness (QED) is 0.678. The maximum absolute atomic E-state index is 9.55. The van der Waals surface area contributed by atoms with Crippen molar-refractivity contribution in [2.24, 2.45) is 5.92 Å². The third-order valence-electron chi connectivity index (χ3n) is 4.35. The summed E-state index contributed by atoms with van der Waals surface area (Å²) in [5.41, 5.74) is 2.81. The van der Waals surface area contributed by atoms with Crippen molar-refractivity contribution in [3.8, 4) is 0 Å². The van der Waals surface area contributed by atoms with E-state index in [1.54, 1.807) is 0 Å². The van der Waals surface area contributed by atoms with Crippen molar-refractivity contribution in [2.45, 2.75) is 19.3 Å². The second-order valence-electron chi connectivity index (χ2n) is 6.27. The molecule has 1 atom stereocenters. The van der Waals surface area contributed by atoms with E-state index < -0.39 is 11.9 Å². The van der Waals surface area contributed by atoms with E-state index in [0.29, 0.717) is 12.2 Å². The van der Waals surface area contributed by atoms with Crippen LogP contribution in [0.5, 0.6) is 0 Å². The van der Waals surface area contributed by atoms with Crippen molar-refractivity contribution in [3.05, 3.63) is 50.8 Å². The Morgan fingerprint density at radius 3 is 2.73 bits per heavy atom. The number of fused-ring (bicyclic) bond motifs is 2. The smallest absolute Gasteiger partial charge is 0.328 e. The number of allylic oxidation sites excluding steroid dienone is 4. The van der Waals surface area contributed by atoms with Gasteiger partial charge >= 0.3 is 11.9 Å². The van der Waals surface area contributed by atoms with Crippen molar-refractivity contribution >= 4 is 34.9 Å². The number of carboxylic acid groups (broad SMARTS) is 2. The van der Waals surface area contributed by atoms with Crippen LogP contribution in [-0.4, -0.2) is 40.2 Å². The van der Waals surface area contributed by atoms with E-state index in [1.165, 1.54) is 45.5 Å². The first-order valence-electron chi connectivity index (χ1n) is 8.45. The molecule has 6 nitrogen and oxygen atoms in total. The van der Waals surface area contributed by atoms with Gasteiger partial charge in [-0.05, 0) is 49.1 Å². The van der Waals surface area contributed by atoms with E-state index in [1.807, 2.05) is 11.3 Å². The van der Waals surface area contributed by atoms with Crippen LogP contribution in [-0.2, 0) is 16.0 Å². The number of rotatable bonds is 4. The van der Waals surface area contributed by atoms with Gasteiger partial charge in [0.25, 0.3) is 0 Å². The number of hydrogen-bond acceptors (Lipinski definition) is 5. The Hall–Kier alpha value is -2.51. The van der Waals surface area contributed by atoms with Crippen LogP contribution in [0.3, 0.4) is 0 Å². The molecule has 3 N–H and O–H groups in total. The second-order valence-corrected chi connectivity index (χ2v) is 7.39. The van der Waals surface area contributed by atoms with Crippen molar-refractivity contribution in [2.75, 3.05) is 13.1 Å². The van der Waals surface area contributed by atoms with Gasteiger partial charge < -0.3 is 15.5 Å². The summed E-state index contributed by atoms with van der Waals surface area (Å²) in [7, 11) is 0. The molecule has 7 heteroatoms. The molecule has 0 bridgehead atoms. The van der Waals surface area contributed by atoms with Gasteiger partial charge in [0.2, 0.25) is 0 Å². The normalized spacial score (nSPS) is 20.1. The average molecular weight is 372 g/mol. The van der Waals surface area contributed by atoms with Crippen molar-refractivity contribution in [3.63, 3.8) is 0 Å². The molecule has 1 aromatic rings. The standard InChI is InChI=1S/C15H16N2S.C4H4O4/c1-2-4-12-11(3-1)8-13-15(12)17-14(18-13)7-10-5-6-16-9-10;5-3(6)1-2-4(7)8/h1-3,8,10,16H,4-7,9H2;1-2H,(H,5,6)(H,7,8). The Labute approximate surface area is 154 Å². The zero-order valence-electron chi connectivity index (χ0n) is 14.1. The largest absolute Gasteiger partial charge is 0.478 e. The number of aromatic nitrogens is 1. The van der Waals surface area contributed by atoms with Gasteiger partial charge in [0.15, 0.2) is 0 Å². The molecule has 3 aliphatic rings. The predicted octanol–water partition coefficient (Wildman–Crippen LogP) is 0.838. The Morgan fingerprint density at radius 2 is 2.08 bits per heavy atom. The summed E-state index contributed by atoms with van der Waals surface area (Å²) in [6.45, 7) is 2.34. The minimum Gasteiger partial charge on any atom is -0.478 e. The number of carbonyl (C=O) groups is 2. The highest BCUT2D eigenvalue weighted by atomic mass is 32.1. The summed E-state index contributed by atoms with van der Waals surface area (Å²) in [4.78, 5) is 24.0. The van der Waals surface area contributed by atoms with Crippen LogP contribution < -0.4 is 15.2 Å². The summed E-state index contributed by atoms with van der Waals surface area (Å²) in [5.74, 6) is -1.72. The van der Waals surface area contributed by atoms with E-state index in [9.17, 15) is 9.59 Å². The number of carboxylic acids is 2. The molecule has 0 amide bonds. The molecule has 0 saturated carbocycles. The highest BCUT2D eigenvalue weighted by molar-refractivity contribution is 7.09. The summed E-state index contributed by atoms with van der Waals surface area (Å²) < 4.78 is 1.38. The second kappa shape index (κ2) is 8.25. The zero-order chi connectivity index (χ0) is 18.5. The molecular formula is C19H20N2O4S. The van der Waals surface area contributed by atoms with E-state index in [-0.39, 0.29) is 0 Å². The number of thiazole rings is 1. The fraction of sp³-hybridized carbons (Fsp3) is 0.316. The first-order chi connectivity index (χ1) is 12.5. The van der Waals surface area contributed by atoms with Crippen LogP contribution in [0.15, 0.2) is 36.0 Å². The van der Waals surface area contributed by atoms with Gasteiger partial charge in [0, 0.05) is 18.6 Å². The molecule has 0 spiro atoms. The van der Waals surface area contributed by atoms with Crippen molar-refractivity contribution in [1.29, 1.82) is 0 Å². The van der Waals surface area contributed by atoms with E-state index in [4.69, 9.17) is 15.2 Å². The van der Waals surface area contributed by atoms with Gasteiger partial charge in [-0.3, -0.25) is 0 Å². The lowest BCUT2D eigenvalue weighted by molar-refractivity contribution is -0.134. The fourth-order valence-corrected chi connectivity index (χ4v) is 4.30. The maximum atomic E-state index is 9.55. The van der Waals surface area contributed by atoms with Crippen LogP contribution in [0.2, 0.25) is 0 Å². The molecule has 2 aliphatic carbocycles. The molecule has 26 heavy (non-hydrogen) atoms. The van der Waals surface area contributed by atoms with Crippen molar-refractivity contribution in [1.82, 2.24) is 10.3 Å². The van der Waals surface area contributed by atoms with Gasteiger partial charge in [0.05, 0.1) is 14.9 Å². The lowest BCUT2D eigenvalue weighted by Gasteiger charge is -2.06. The highest BCUT2D eigenvalue weighted by Gasteiger charge is 2.19. The van der Waals surface area contributed by atoms with Crippen LogP contribution in [0.1, 0.15) is 17.8 Å². The minimum absolute atomic E-state index is 0.558. The molecule has 136 valence electrons. The van der Waals surface area contributed by atoms with Gasteiger partial charge in [-0.1, -0.05) is 18.2 Å². The zero-order valence-corrected chi connectivity index (χ0v) is 15.0. The average Bonchev–Trinajstić information content (AvgIpc) is 3.30. The Morgan fingerprint density at radius 1 is 1.31 bits per heavy atom. The number of aliphatic carboxylic acids is 2. The third-order valence-corrected chi connectivity index (χ3v) is 5.37. The molecule has 0 aromatic carbocycles. The van der Waals surface area contributed by atoms with Crippen molar-refractivity contribution < 1.29 is 19.8 Å². The summed E-state index contributed by atoms with van der Waals surface area (Å²) >= 11 is 1.89. The summed E-state index contributed by atoms with van der Waals surface area (Å²) in [5, 5.41) is 21.6. The lowest BCUT2D eigenvalue weighted by atomic mass is 10.0. The minimum atomic E-state index is -1.26. The molecule has 1 unspecified atom stereocenters. The highest BCUT2D eigenvalue weighted by Crippen LogP contribution is 2.24. The molecule has 0 radical (unpaired) electrons. The predicted molar refractivity (Wildman–Crippen MR) is 100 cm³/mol. The molecule has 4 rings (SSSR count). The van der Waals surface area contributed by atoms with Gasteiger partial charge in [-0.2, -0.15) is 0 Å². The number of nitrogens with one attached hydrogen (secondary N) is 1. The summed E-state index contributed by atoms with van der Waals surface area (Å²) in [6, 6.07) is 0. The topological polar surface area (TPSA) is 99.5 Å². The fourth-order valence-electron chi connectivity index (χ4n) is 3.14. The molecule has 1 aromatic heterocycles. The van der Waals surface area contributed by atoms with E-state index in [2.05, 4.69) is 29.6 Å². The van der Waals surface area contributed by atoms with E-state index in [0.717, 1.165) is 18.8 Å². The maximum Gasteiger partial charge on any atom is 0.328 e. The number of hydrogen-bond donors (Lipinski definition) is 3. The number of nitrogens with zero attached hydrogens (tertiary/aromatic N) is 1. The Kier molecular flexibility index (Phi) is 5.80. The first-order valence-corrected chi connectivity index (χ1v) is 9.27. The van der Waals surface area contributed by atoms with Crippen LogP contribution in [0.25, 0.3) is 11.6 Å². The SMILES string of the molecule is C1=CCC2=c3nc(CC4CCNC4)sc3=CC2=C1.O=C(O)C=CC(=O)O. The molecule has 1 fully saturated rings. The lowest BCUT2D eigenvalue weighted by Crippen LogP contribution is -2.19. The monoisotopic (exact) mass is 372 g/mol. The molecule has 1 saturated heterocycles. The molecular weight excluding hydrogens is 352 g/mol. The first kappa shape index (κ1) is 18.3. The summed E-state index contributed by atoms with van der Waals surface area (Å²) in [6.07, 6.45) is 13.5. The van der Waals surface area contributed by atoms with Gasteiger partial charge in [-0.15, -0.1) is 11.3 Å². The van der Waals surface area contributed by atoms with Crippen LogP contribution in [0.4, 0.5) is 0 Å². The van der Waals surface area contributed by atoms with Crippen LogP contribution in [0, 0.1) is 5.92 Å². The van der Waals surface area contributed by atoms with Crippen LogP contribution >= 0.6 is 11.3 Å². The van der Waals surface area contributed by atoms with Gasteiger partial charge in [0.1, 0.15) is 0 Å². The third kappa shape index (κ3) is 4.56. The van der Waals surface area contributed by atoms with E-state index >= 15 is 0 Å².